The van der Waals surface area contributed by atoms with Crippen molar-refractivity contribution in [1.82, 2.24) is 5.32 Å². The van der Waals surface area contributed by atoms with Gasteiger partial charge in [0.15, 0.2) is 11.6 Å². The second-order valence-electron chi connectivity index (χ2n) is 4.77. The van der Waals surface area contributed by atoms with E-state index in [-0.39, 0.29) is 5.75 Å². The van der Waals surface area contributed by atoms with Crippen molar-refractivity contribution in [2.45, 2.75) is 31.7 Å². The van der Waals surface area contributed by atoms with Gasteiger partial charge in [-0.05, 0) is 45.4 Å². The number of ether oxygens (including phenoxy) is 1. The van der Waals surface area contributed by atoms with Crippen LogP contribution in [0.3, 0.4) is 0 Å². The number of carboxylic acids is 1. The first-order valence-electron chi connectivity index (χ1n) is 6.39. The maximum atomic E-state index is 12.9. The van der Waals surface area contributed by atoms with Gasteiger partial charge in [0, 0.05) is 6.07 Å². The minimum Gasteiger partial charge on any atom is -0.493 e. The molecule has 0 fully saturated rings. The van der Waals surface area contributed by atoms with Crippen molar-refractivity contribution in [2.24, 2.45) is 0 Å². The smallest absolute Gasteiger partial charge is 0.323 e. The predicted molar refractivity (Wildman–Crippen MR) is 70.8 cm³/mol. The van der Waals surface area contributed by atoms with Gasteiger partial charge in [0.05, 0.1) is 6.61 Å². The highest BCUT2D eigenvalue weighted by molar-refractivity contribution is 5.78. The Morgan fingerprint density at radius 2 is 2.05 bits per heavy atom. The molecule has 1 unspecified atom stereocenters. The molecule has 0 spiro atoms. The zero-order chi connectivity index (χ0) is 15.2. The van der Waals surface area contributed by atoms with Crippen molar-refractivity contribution < 1.29 is 23.4 Å². The summed E-state index contributed by atoms with van der Waals surface area (Å²) in [5.41, 5.74) is -0.956. The molecular weight excluding hydrogens is 268 g/mol. The van der Waals surface area contributed by atoms with Crippen LogP contribution in [0.5, 0.6) is 5.75 Å². The van der Waals surface area contributed by atoms with E-state index in [4.69, 9.17) is 9.84 Å². The van der Waals surface area contributed by atoms with Crippen LogP contribution in [0.1, 0.15) is 26.2 Å². The van der Waals surface area contributed by atoms with Crippen molar-refractivity contribution in [3.8, 4) is 5.75 Å². The van der Waals surface area contributed by atoms with Gasteiger partial charge in [-0.15, -0.1) is 0 Å². The molecule has 0 aliphatic rings. The number of hydrogen-bond donors (Lipinski definition) is 2. The lowest BCUT2D eigenvalue weighted by Gasteiger charge is -2.23. The van der Waals surface area contributed by atoms with Gasteiger partial charge >= 0.3 is 5.97 Å². The Kier molecular flexibility index (Phi) is 5.88. The van der Waals surface area contributed by atoms with E-state index in [1.807, 2.05) is 0 Å². The van der Waals surface area contributed by atoms with Crippen LogP contribution in [0.2, 0.25) is 0 Å². The molecule has 1 aromatic carbocycles. The molecule has 0 saturated carbocycles. The molecule has 0 radical (unpaired) electrons. The van der Waals surface area contributed by atoms with Crippen LogP contribution in [0.15, 0.2) is 18.2 Å². The summed E-state index contributed by atoms with van der Waals surface area (Å²) in [6.45, 7) is 1.94. The normalized spacial score (nSPS) is 13.8. The van der Waals surface area contributed by atoms with Crippen LogP contribution in [0, 0.1) is 11.6 Å². The van der Waals surface area contributed by atoms with Crippen LogP contribution in [0.4, 0.5) is 8.78 Å². The lowest BCUT2D eigenvalue weighted by atomic mass is 9.95. The first-order valence-corrected chi connectivity index (χ1v) is 6.39. The zero-order valence-electron chi connectivity index (χ0n) is 11.6. The van der Waals surface area contributed by atoms with Crippen LogP contribution in [-0.2, 0) is 4.79 Å². The molecular formula is C14H19F2NO3. The summed E-state index contributed by atoms with van der Waals surface area (Å²) in [4.78, 5) is 11.0. The SMILES string of the molecule is CNC(C)(CCCCOc1ccc(F)c(F)c1)C(=O)O. The van der Waals surface area contributed by atoms with Crippen molar-refractivity contribution in [3.63, 3.8) is 0 Å². The summed E-state index contributed by atoms with van der Waals surface area (Å²) < 4.78 is 30.9. The van der Waals surface area contributed by atoms with Gasteiger partial charge in [-0.25, -0.2) is 8.78 Å². The quantitative estimate of drug-likeness (QED) is 0.722. The molecule has 112 valence electrons. The predicted octanol–water partition coefficient (Wildman–Crippen LogP) is 2.58. The number of rotatable bonds is 8. The minimum atomic E-state index is -0.956. The average molecular weight is 287 g/mol. The molecule has 6 heteroatoms. The van der Waals surface area contributed by atoms with Gasteiger partial charge < -0.3 is 15.2 Å². The largest absolute Gasteiger partial charge is 0.493 e. The summed E-state index contributed by atoms with van der Waals surface area (Å²) in [6, 6.07) is 3.35. The van der Waals surface area contributed by atoms with Gasteiger partial charge in [-0.3, -0.25) is 4.79 Å². The molecule has 1 aromatic rings. The van der Waals surface area contributed by atoms with Gasteiger partial charge in [0.2, 0.25) is 0 Å². The lowest BCUT2D eigenvalue weighted by Crippen LogP contribution is -2.47. The zero-order valence-corrected chi connectivity index (χ0v) is 11.6. The highest BCUT2D eigenvalue weighted by atomic mass is 19.2. The Bertz CT molecular complexity index is 468. The van der Waals surface area contributed by atoms with Crippen molar-refractivity contribution in [2.75, 3.05) is 13.7 Å². The number of carboxylic acid groups (broad SMARTS) is 1. The fourth-order valence-electron chi connectivity index (χ4n) is 1.68. The first kappa shape index (κ1) is 16.4. The number of nitrogens with one attached hydrogen (secondary N) is 1. The monoisotopic (exact) mass is 287 g/mol. The molecule has 0 aliphatic carbocycles. The molecule has 0 aromatic heterocycles. The van der Waals surface area contributed by atoms with E-state index in [9.17, 15) is 13.6 Å². The molecule has 0 amide bonds. The molecule has 0 heterocycles. The van der Waals surface area contributed by atoms with E-state index >= 15 is 0 Å². The highest BCUT2D eigenvalue weighted by Crippen LogP contribution is 2.17. The third kappa shape index (κ3) is 4.45. The van der Waals surface area contributed by atoms with E-state index in [0.29, 0.717) is 25.9 Å². The topological polar surface area (TPSA) is 58.6 Å². The highest BCUT2D eigenvalue weighted by Gasteiger charge is 2.29. The number of unbranched alkanes of at least 4 members (excludes halogenated alkanes) is 1. The molecule has 2 N–H and O–H groups in total. The second kappa shape index (κ2) is 7.19. The molecule has 20 heavy (non-hydrogen) atoms. The Labute approximate surface area is 116 Å². The summed E-state index contributed by atoms with van der Waals surface area (Å²) in [5, 5.41) is 11.8. The van der Waals surface area contributed by atoms with Crippen molar-refractivity contribution >= 4 is 5.97 Å². The summed E-state index contributed by atoms with van der Waals surface area (Å²) in [7, 11) is 1.60. The third-order valence-corrected chi connectivity index (χ3v) is 3.25. The van der Waals surface area contributed by atoms with E-state index in [2.05, 4.69) is 5.32 Å². The number of likely N-dealkylation sites (N-methyl/N-ethyl adjacent to an activating group) is 1. The van der Waals surface area contributed by atoms with Crippen LogP contribution >= 0.6 is 0 Å². The Morgan fingerprint density at radius 3 is 2.60 bits per heavy atom. The van der Waals surface area contributed by atoms with Gasteiger partial charge in [-0.1, -0.05) is 0 Å². The van der Waals surface area contributed by atoms with Crippen molar-refractivity contribution in [1.29, 1.82) is 0 Å². The first-order chi connectivity index (χ1) is 9.39. The van der Waals surface area contributed by atoms with Crippen LogP contribution in [-0.4, -0.2) is 30.3 Å². The number of halogens is 2. The molecule has 0 saturated heterocycles. The third-order valence-electron chi connectivity index (χ3n) is 3.25. The maximum absolute atomic E-state index is 12.9. The Morgan fingerprint density at radius 1 is 1.35 bits per heavy atom. The molecule has 1 rings (SSSR count). The molecule has 1 atom stereocenters. The average Bonchev–Trinajstić information content (AvgIpc) is 2.41. The van der Waals surface area contributed by atoms with Gasteiger partial charge in [0.25, 0.3) is 0 Å². The minimum absolute atomic E-state index is 0.263. The van der Waals surface area contributed by atoms with Gasteiger partial charge in [-0.2, -0.15) is 0 Å². The van der Waals surface area contributed by atoms with Gasteiger partial charge in [0.1, 0.15) is 11.3 Å². The summed E-state index contributed by atoms with van der Waals surface area (Å²) in [5.74, 6) is -2.50. The van der Waals surface area contributed by atoms with Crippen LogP contribution < -0.4 is 10.1 Å². The molecule has 4 nitrogen and oxygen atoms in total. The number of aliphatic carboxylic acids is 1. The Balaban J connectivity index is 2.31. The molecule has 0 bridgehead atoms. The summed E-state index contributed by atoms with van der Waals surface area (Å²) in [6.07, 6.45) is 1.73. The van der Waals surface area contributed by atoms with E-state index in [1.54, 1.807) is 14.0 Å². The van der Waals surface area contributed by atoms with Crippen molar-refractivity contribution in [3.05, 3.63) is 29.8 Å². The maximum Gasteiger partial charge on any atom is 0.323 e. The number of benzene rings is 1. The van der Waals surface area contributed by atoms with Crippen LogP contribution in [0.25, 0.3) is 0 Å². The molecule has 0 aliphatic heterocycles. The number of hydrogen-bond acceptors (Lipinski definition) is 3. The fourth-order valence-corrected chi connectivity index (χ4v) is 1.68. The second-order valence-corrected chi connectivity index (χ2v) is 4.77. The lowest BCUT2D eigenvalue weighted by molar-refractivity contribution is -0.144. The number of carbonyl (C=O) groups is 1. The fraction of sp³-hybridized carbons (Fsp3) is 0.500. The Hall–Kier alpha value is -1.69. The van der Waals surface area contributed by atoms with E-state index in [0.717, 1.165) is 12.1 Å². The summed E-state index contributed by atoms with van der Waals surface area (Å²) >= 11 is 0. The van der Waals surface area contributed by atoms with E-state index < -0.39 is 23.1 Å². The standard InChI is InChI=1S/C14H19F2NO3/c1-14(17-2,13(18)19)7-3-4-8-20-10-5-6-11(15)12(16)9-10/h5-6,9,17H,3-4,7-8H2,1-2H3,(H,18,19). The van der Waals surface area contributed by atoms with E-state index in [1.165, 1.54) is 6.07 Å².